The highest BCUT2D eigenvalue weighted by Gasteiger charge is 2.18. The lowest BCUT2D eigenvalue weighted by atomic mass is 10.3. The highest BCUT2D eigenvalue weighted by molar-refractivity contribution is 14.1. The molecule has 0 saturated carbocycles. The molecule has 4 nitrogen and oxygen atoms in total. The zero-order valence-corrected chi connectivity index (χ0v) is 14.8. The van der Waals surface area contributed by atoms with Crippen LogP contribution < -0.4 is 10.5 Å². The summed E-state index contributed by atoms with van der Waals surface area (Å²) in [6.07, 6.45) is 0.679. The Morgan fingerprint density at radius 2 is 2.05 bits per heavy atom. The van der Waals surface area contributed by atoms with Crippen LogP contribution in [0, 0.1) is 3.57 Å². The number of benzene rings is 1. The number of hydrogen-bond acceptors (Lipinski definition) is 4. The molecule has 0 aliphatic heterocycles. The maximum atomic E-state index is 12.3. The molecule has 0 amide bonds. The van der Waals surface area contributed by atoms with E-state index in [2.05, 4.69) is 4.72 Å². The van der Waals surface area contributed by atoms with Crippen molar-refractivity contribution < 1.29 is 8.42 Å². The van der Waals surface area contributed by atoms with Gasteiger partial charge in [-0.2, -0.15) is 0 Å². The number of hydrogen-bond donors (Lipinski definition) is 2. The second-order valence-corrected chi connectivity index (χ2v) is 8.67. The van der Waals surface area contributed by atoms with Crippen molar-refractivity contribution in [1.82, 2.24) is 0 Å². The molecule has 108 valence electrons. The fourth-order valence-electron chi connectivity index (χ4n) is 1.55. The topological polar surface area (TPSA) is 72.2 Å². The van der Waals surface area contributed by atoms with Gasteiger partial charge in [-0.05, 0) is 65.9 Å². The third-order valence-corrected chi connectivity index (χ3v) is 6.60. The molecular weight excluding hydrogens is 431 g/mol. The average Bonchev–Trinajstić information content (AvgIpc) is 2.83. The molecule has 20 heavy (non-hydrogen) atoms. The Kier molecular flexibility index (Phi) is 5.30. The highest BCUT2D eigenvalue weighted by Crippen LogP contribution is 2.27. The van der Waals surface area contributed by atoms with Crippen molar-refractivity contribution >= 4 is 61.2 Å². The second-order valence-electron chi connectivity index (χ2n) is 3.99. The minimum atomic E-state index is -3.57. The Hall–Kier alpha value is -0.350. The first kappa shape index (κ1) is 16.0. The standard InChI is InChI=1S/C12H12ClIN2O2S2/c13-8-1-3-11(10(14)7-8)16-20(17,18)12-4-2-9(19-12)5-6-15/h1-4,7,16H,5-6,15H2. The SMILES string of the molecule is NCCc1ccc(S(=O)(=O)Nc2ccc(Cl)cc2I)s1. The van der Waals surface area contributed by atoms with E-state index in [0.717, 1.165) is 8.45 Å². The molecule has 1 aromatic heterocycles. The minimum Gasteiger partial charge on any atom is -0.330 e. The number of rotatable bonds is 5. The van der Waals surface area contributed by atoms with Crippen molar-refractivity contribution in [2.45, 2.75) is 10.6 Å². The lowest BCUT2D eigenvalue weighted by Gasteiger charge is -2.08. The molecule has 2 aromatic rings. The molecule has 8 heteroatoms. The molecule has 0 spiro atoms. The van der Waals surface area contributed by atoms with Gasteiger partial charge in [-0.15, -0.1) is 11.3 Å². The van der Waals surface area contributed by atoms with E-state index < -0.39 is 10.0 Å². The Bertz CT molecular complexity index is 716. The molecule has 0 aliphatic carbocycles. The summed E-state index contributed by atoms with van der Waals surface area (Å²) < 4.78 is 28.2. The monoisotopic (exact) mass is 442 g/mol. The zero-order valence-electron chi connectivity index (χ0n) is 10.3. The zero-order chi connectivity index (χ0) is 14.8. The van der Waals surface area contributed by atoms with Crippen LogP contribution in [0.5, 0.6) is 0 Å². The number of nitrogens with two attached hydrogens (primary N) is 1. The maximum absolute atomic E-state index is 12.3. The summed E-state index contributed by atoms with van der Waals surface area (Å²) in [5, 5.41) is 0.568. The van der Waals surface area contributed by atoms with E-state index in [9.17, 15) is 8.42 Å². The quantitative estimate of drug-likeness (QED) is 0.698. The molecule has 0 radical (unpaired) electrons. The van der Waals surface area contributed by atoms with Crippen LogP contribution in [0.15, 0.2) is 34.5 Å². The summed E-state index contributed by atoms with van der Waals surface area (Å²) in [6.45, 7) is 0.502. The third kappa shape index (κ3) is 3.85. The van der Waals surface area contributed by atoms with Crippen molar-refractivity contribution in [3.8, 4) is 0 Å². The maximum Gasteiger partial charge on any atom is 0.271 e. The van der Waals surface area contributed by atoms with E-state index in [4.69, 9.17) is 17.3 Å². The Labute approximate surface area is 140 Å². The summed E-state index contributed by atoms with van der Waals surface area (Å²) in [4.78, 5) is 0.957. The van der Waals surface area contributed by atoms with Gasteiger partial charge in [0, 0.05) is 13.5 Å². The van der Waals surface area contributed by atoms with Crippen LogP contribution in [0.2, 0.25) is 5.02 Å². The van der Waals surface area contributed by atoms with E-state index in [1.54, 1.807) is 30.3 Å². The van der Waals surface area contributed by atoms with E-state index in [1.165, 1.54) is 11.3 Å². The van der Waals surface area contributed by atoms with Crippen LogP contribution in [0.25, 0.3) is 0 Å². The van der Waals surface area contributed by atoms with Gasteiger partial charge in [0.2, 0.25) is 0 Å². The summed E-state index contributed by atoms with van der Waals surface area (Å²) in [5.41, 5.74) is 5.98. The number of thiophene rings is 1. The normalized spacial score (nSPS) is 11.6. The molecule has 0 aliphatic rings. The van der Waals surface area contributed by atoms with Gasteiger partial charge < -0.3 is 5.73 Å². The molecule has 3 N–H and O–H groups in total. The van der Waals surface area contributed by atoms with Crippen LogP contribution >= 0.6 is 45.5 Å². The Morgan fingerprint density at radius 3 is 2.70 bits per heavy atom. The van der Waals surface area contributed by atoms with Gasteiger partial charge in [-0.1, -0.05) is 11.6 Å². The van der Waals surface area contributed by atoms with E-state index in [0.29, 0.717) is 23.7 Å². The largest absolute Gasteiger partial charge is 0.330 e. The first-order valence-corrected chi connectivity index (χ1v) is 9.44. The summed E-state index contributed by atoms with van der Waals surface area (Å²) in [7, 11) is -3.57. The predicted octanol–water partition coefficient (Wildman–Crippen LogP) is 3.31. The first-order chi connectivity index (χ1) is 9.42. The van der Waals surface area contributed by atoms with Crippen LogP contribution in [-0.4, -0.2) is 15.0 Å². The van der Waals surface area contributed by atoms with Crippen molar-refractivity contribution in [3.05, 3.63) is 43.8 Å². The van der Waals surface area contributed by atoms with Gasteiger partial charge in [0.15, 0.2) is 0 Å². The number of halogens is 2. The molecule has 0 saturated heterocycles. The van der Waals surface area contributed by atoms with E-state index in [-0.39, 0.29) is 4.21 Å². The van der Waals surface area contributed by atoms with Gasteiger partial charge in [0.05, 0.1) is 5.69 Å². The Morgan fingerprint density at radius 1 is 1.30 bits per heavy atom. The van der Waals surface area contributed by atoms with Crippen molar-refractivity contribution in [1.29, 1.82) is 0 Å². The van der Waals surface area contributed by atoms with E-state index in [1.807, 2.05) is 22.6 Å². The number of sulfonamides is 1. The highest BCUT2D eigenvalue weighted by atomic mass is 127. The Balaban J connectivity index is 2.26. The molecule has 2 rings (SSSR count). The smallest absolute Gasteiger partial charge is 0.271 e. The van der Waals surface area contributed by atoms with Gasteiger partial charge in [0.25, 0.3) is 10.0 Å². The third-order valence-electron chi connectivity index (χ3n) is 2.47. The minimum absolute atomic E-state index is 0.284. The van der Waals surface area contributed by atoms with E-state index >= 15 is 0 Å². The fourth-order valence-corrected chi connectivity index (χ4v) is 5.19. The van der Waals surface area contributed by atoms with Gasteiger partial charge in [0.1, 0.15) is 4.21 Å². The van der Waals surface area contributed by atoms with Crippen molar-refractivity contribution in [3.63, 3.8) is 0 Å². The summed E-state index contributed by atoms with van der Waals surface area (Å²) in [5.74, 6) is 0. The van der Waals surface area contributed by atoms with Crippen molar-refractivity contribution in [2.24, 2.45) is 5.73 Å². The van der Waals surface area contributed by atoms with Crippen LogP contribution in [-0.2, 0) is 16.4 Å². The van der Waals surface area contributed by atoms with Crippen LogP contribution in [0.3, 0.4) is 0 Å². The number of anilines is 1. The first-order valence-electron chi connectivity index (χ1n) is 5.69. The molecule has 1 aromatic carbocycles. The molecule has 0 fully saturated rings. The summed E-state index contributed by atoms with van der Waals surface area (Å²) >= 11 is 9.12. The fraction of sp³-hybridized carbons (Fsp3) is 0.167. The lowest BCUT2D eigenvalue weighted by molar-refractivity contribution is 0.603. The van der Waals surface area contributed by atoms with Crippen molar-refractivity contribution in [2.75, 3.05) is 11.3 Å². The molecular formula is C12H12ClIN2O2S2. The summed E-state index contributed by atoms with van der Waals surface area (Å²) in [6, 6.07) is 8.39. The van der Waals surface area contributed by atoms with Crippen LogP contribution in [0.1, 0.15) is 4.88 Å². The molecule has 0 atom stereocenters. The molecule has 0 unspecified atom stereocenters. The second kappa shape index (κ2) is 6.61. The number of nitrogens with one attached hydrogen (secondary N) is 1. The van der Waals surface area contributed by atoms with Gasteiger partial charge in [-0.3, -0.25) is 4.72 Å². The van der Waals surface area contributed by atoms with Gasteiger partial charge in [-0.25, -0.2) is 8.42 Å². The van der Waals surface area contributed by atoms with Crippen LogP contribution in [0.4, 0.5) is 5.69 Å². The van der Waals surface area contributed by atoms with Gasteiger partial charge >= 0.3 is 0 Å². The lowest BCUT2D eigenvalue weighted by Crippen LogP contribution is -2.12. The molecule has 1 heterocycles. The average molecular weight is 443 g/mol. The predicted molar refractivity (Wildman–Crippen MR) is 92.1 cm³/mol. The molecule has 0 bridgehead atoms.